The van der Waals surface area contributed by atoms with Gasteiger partial charge in [-0.15, -0.1) is 0 Å². The summed E-state index contributed by atoms with van der Waals surface area (Å²) in [5.41, 5.74) is 5.84. The molecule has 2 heterocycles. The smallest absolute Gasteiger partial charge is 0.229 e. The zero-order valence-corrected chi connectivity index (χ0v) is 11.9. The average Bonchev–Trinajstić information content (AvgIpc) is 2.72. The fourth-order valence-electron chi connectivity index (χ4n) is 2.64. The van der Waals surface area contributed by atoms with Crippen LogP contribution >= 0.6 is 0 Å². The van der Waals surface area contributed by atoms with Crippen LogP contribution in [-0.2, 0) is 19.6 Å². The van der Waals surface area contributed by atoms with Crippen molar-refractivity contribution in [2.45, 2.75) is 24.9 Å². The lowest BCUT2D eigenvalue weighted by Gasteiger charge is -2.34. The molecule has 19 heavy (non-hydrogen) atoms. The molecule has 0 saturated carbocycles. The number of ether oxygens (including phenoxy) is 1. The SMILES string of the molecule is CS(=O)(=O)NC1CCCN(C(=O)C2COCC2N)C1. The van der Waals surface area contributed by atoms with Gasteiger partial charge in [0.15, 0.2) is 0 Å². The summed E-state index contributed by atoms with van der Waals surface area (Å²) in [6, 6.07) is -0.456. The highest BCUT2D eigenvalue weighted by atomic mass is 32.2. The van der Waals surface area contributed by atoms with Crippen molar-refractivity contribution in [3.05, 3.63) is 0 Å². The van der Waals surface area contributed by atoms with Crippen molar-refractivity contribution in [1.29, 1.82) is 0 Å². The third-order valence-electron chi connectivity index (χ3n) is 3.56. The Bertz CT molecular complexity index is 439. The van der Waals surface area contributed by atoms with E-state index < -0.39 is 10.0 Å². The predicted octanol–water partition coefficient (Wildman–Crippen LogP) is -1.50. The summed E-state index contributed by atoms with van der Waals surface area (Å²) >= 11 is 0. The molecule has 0 radical (unpaired) electrons. The van der Waals surface area contributed by atoms with Gasteiger partial charge < -0.3 is 15.4 Å². The van der Waals surface area contributed by atoms with Gasteiger partial charge in [0.1, 0.15) is 0 Å². The lowest BCUT2D eigenvalue weighted by atomic mass is 10.00. The van der Waals surface area contributed by atoms with Crippen molar-refractivity contribution in [2.75, 3.05) is 32.6 Å². The van der Waals surface area contributed by atoms with Crippen molar-refractivity contribution >= 4 is 15.9 Å². The molecular weight excluding hydrogens is 270 g/mol. The van der Waals surface area contributed by atoms with Gasteiger partial charge in [0.2, 0.25) is 15.9 Å². The predicted molar refractivity (Wildman–Crippen MR) is 69.9 cm³/mol. The fourth-order valence-corrected chi connectivity index (χ4v) is 3.43. The first-order valence-corrected chi connectivity index (χ1v) is 8.35. The number of nitrogens with one attached hydrogen (secondary N) is 1. The molecule has 0 aromatic carbocycles. The van der Waals surface area contributed by atoms with E-state index in [9.17, 15) is 13.2 Å². The topological polar surface area (TPSA) is 102 Å². The number of hydrogen-bond acceptors (Lipinski definition) is 5. The Labute approximate surface area is 113 Å². The quantitative estimate of drug-likeness (QED) is 0.659. The molecule has 0 aliphatic carbocycles. The number of piperidine rings is 1. The van der Waals surface area contributed by atoms with E-state index in [1.54, 1.807) is 4.90 Å². The van der Waals surface area contributed by atoms with Crippen LogP contribution in [0.25, 0.3) is 0 Å². The maximum Gasteiger partial charge on any atom is 0.229 e. The first kappa shape index (κ1) is 14.7. The summed E-state index contributed by atoms with van der Waals surface area (Å²) in [4.78, 5) is 14.0. The summed E-state index contributed by atoms with van der Waals surface area (Å²) in [5.74, 6) is -0.318. The number of nitrogens with two attached hydrogens (primary N) is 1. The van der Waals surface area contributed by atoms with Crippen LogP contribution in [0.5, 0.6) is 0 Å². The second kappa shape index (κ2) is 5.74. The van der Waals surface area contributed by atoms with Crippen LogP contribution in [0.3, 0.4) is 0 Å². The molecule has 2 aliphatic heterocycles. The van der Waals surface area contributed by atoms with Crippen LogP contribution in [-0.4, -0.2) is 63.9 Å². The summed E-state index contributed by atoms with van der Waals surface area (Å²) in [7, 11) is -3.24. The normalized spacial score (nSPS) is 32.5. The number of likely N-dealkylation sites (tertiary alicyclic amines) is 1. The van der Waals surface area contributed by atoms with E-state index in [-0.39, 0.29) is 23.9 Å². The van der Waals surface area contributed by atoms with Crippen molar-refractivity contribution in [2.24, 2.45) is 11.7 Å². The number of sulfonamides is 1. The zero-order valence-electron chi connectivity index (χ0n) is 11.0. The molecular formula is C11H21N3O4S. The molecule has 3 unspecified atom stereocenters. The molecule has 8 heteroatoms. The van der Waals surface area contributed by atoms with Gasteiger partial charge in [0.05, 0.1) is 25.4 Å². The summed E-state index contributed by atoms with van der Waals surface area (Å²) in [5, 5.41) is 0. The monoisotopic (exact) mass is 291 g/mol. The molecule has 3 N–H and O–H groups in total. The van der Waals surface area contributed by atoms with Gasteiger partial charge in [-0.3, -0.25) is 4.79 Å². The first-order chi connectivity index (χ1) is 8.87. The lowest BCUT2D eigenvalue weighted by molar-refractivity contribution is -0.137. The maximum absolute atomic E-state index is 12.3. The standard InChI is InChI=1S/C11H21N3O4S/c1-19(16,17)13-8-3-2-4-14(5-8)11(15)9-6-18-7-10(9)12/h8-10,13H,2-7,12H2,1H3. The Morgan fingerprint density at radius 3 is 2.74 bits per heavy atom. The van der Waals surface area contributed by atoms with E-state index in [1.807, 2.05) is 0 Å². The Kier molecular flexibility index (Phi) is 4.44. The second-order valence-electron chi connectivity index (χ2n) is 5.32. The maximum atomic E-state index is 12.3. The van der Waals surface area contributed by atoms with E-state index in [0.29, 0.717) is 26.3 Å². The molecule has 0 bridgehead atoms. The summed E-state index contributed by atoms with van der Waals surface area (Å²) in [6.07, 6.45) is 2.68. The number of nitrogens with zero attached hydrogens (tertiary/aromatic N) is 1. The van der Waals surface area contributed by atoms with Gasteiger partial charge in [-0.25, -0.2) is 13.1 Å². The molecule has 3 atom stereocenters. The molecule has 1 amide bonds. The van der Waals surface area contributed by atoms with Crippen molar-refractivity contribution < 1.29 is 17.9 Å². The van der Waals surface area contributed by atoms with E-state index >= 15 is 0 Å². The Balaban J connectivity index is 1.95. The molecule has 110 valence electrons. The third-order valence-corrected chi connectivity index (χ3v) is 4.32. The minimum atomic E-state index is -3.24. The minimum Gasteiger partial charge on any atom is -0.379 e. The van der Waals surface area contributed by atoms with Gasteiger partial charge in [-0.05, 0) is 12.8 Å². The van der Waals surface area contributed by atoms with Crippen LogP contribution in [0, 0.1) is 5.92 Å². The third kappa shape index (κ3) is 3.88. The second-order valence-corrected chi connectivity index (χ2v) is 7.10. The number of amides is 1. The lowest BCUT2D eigenvalue weighted by Crippen LogP contribution is -2.52. The highest BCUT2D eigenvalue weighted by molar-refractivity contribution is 7.88. The molecule has 2 rings (SSSR count). The van der Waals surface area contributed by atoms with E-state index in [4.69, 9.17) is 10.5 Å². The number of carbonyl (C=O) groups is 1. The van der Waals surface area contributed by atoms with Crippen LogP contribution in [0.4, 0.5) is 0 Å². The number of carbonyl (C=O) groups excluding carboxylic acids is 1. The zero-order chi connectivity index (χ0) is 14.0. The molecule has 0 aromatic rings. The van der Waals surface area contributed by atoms with Gasteiger partial charge in [0.25, 0.3) is 0 Å². The van der Waals surface area contributed by atoms with Crippen LogP contribution < -0.4 is 10.5 Å². The van der Waals surface area contributed by atoms with Crippen LogP contribution in [0.2, 0.25) is 0 Å². The van der Waals surface area contributed by atoms with E-state index in [2.05, 4.69) is 4.72 Å². The van der Waals surface area contributed by atoms with Crippen molar-refractivity contribution in [3.8, 4) is 0 Å². The largest absolute Gasteiger partial charge is 0.379 e. The minimum absolute atomic E-state index is 0.0231. The first-order valence-electron chi connectivity index (χ1n) is 6.46. The molecule has 0 spiro atoms. The molecule has 0 aromatic heterocycles. The van der Waals surface area contributed by atoms with E-state index in [0.717, 1.165) is 19.1 Å². The van der Waals surface area contributed by atoms with Gasteiger partial charge in [0, 0.05) is 25.2 Å². The van der Waals surface area contributed by atoms with E-state index in [1.165, 1.54) is 0 Å². The fraction of sp³-hybridized carbons (Fsp3) is 0.909. The van der Waals surface area contributed by atoms with Crippen molar-refractivity contribution in [1.82, 2.24) is 9.62 Å². The average molecular weight is 291 g/mol. The Morgan fingerprint density at radius 2 is 2.16 bits per heavy atom. The van der Waals surface area contributed by atoms with Crippen molar-refractivity contribution in [3.63, 3.8) is 0 Å². The Hall–Kier alpha value is -0.700. The molecule has 2 fully saturated rings. The summed E-state index contributed by atoms with van der Waals surface area (Å²) in [6.45, 7) is 1.84. The number of hydrogen-bond donors (Lipinski definition) is 2. The van der Waals surface area contributed by atoms with Gasteiger partial charge in [-0.2, -0.15) is 0 Å². The highest BCUT2D eigenvalue weighted by Gasteiger charge is 2.36. The molecule has 7 nitrogen and oxygen atoms in total. The highest BCUT2D eigenvalue weighted by Crippen LogP contribution is 2.19. The summed E-state index contributed by atoms with van der Waals surface area (Å²) < 4.78 is 30.2. The molecule has 2 aliphatic rings. The van der Waals surface area contributed by atoms with Gasteiger partial charge in [-0.1, -0.05) is 0 Å². The van der Waals surface area contributed by atoms with Crippen LogP contribution in [0.15, 0.2) is 0 Å². The van der Waals surface area contributed by atoms with Gasteiger partial charge >= 0.3 is 0 Å². The molecule has 2 saturated heterocycles. The number of rotatable bonds is 3. The van der Waals surface area contributed by atoms with Crippen LogP contribution in [0.1, 0.15) is 12.8 Å². The Morgan fingerprint density at radius 1 is 1.42 bits per heavy atom.